The summed E-state index contributed by atoms with van der Waals surface area (Å²) in [5, 5.41) is 5.11. The van der Waals surface area contributed by atoms with E-state index in [0.717, 1.165) is 0 Å². The van der Waals surface area contributed by atoms with Crippen molar-refractivity contribution >= 4 is 15.7 Å². The Kier molecular flexibility index (Phi) is 4.00. The Hall–Kier alpha value is -1.27. The van der Waals surface area contributed by atoms with Crippen LogP contribution in [0.15, 0.2) is 23.1 Å². The molecule has 0 aliphatic rings. The van der Waals surface area contributed by atoms with E-state index >= 15 is 0 Å². The Morgan fingerprint density at radius 1 is 1.24 bits per heavy atom. The second kappa shape index (κ2) is 4.93. The zero-order valence-corrected chi connectivity index (χ0v) is 11.0. The third kappa shape index (κ3) is 3.61. The molecule has 1 aromatic rings. The lowest BCUT2D eigenvalue weighted by Gasteiger charge is -2.19. The Bertz CT molecular complexity index is 497. The number of nitrogens with two attached hydrogens (primary N) is 2. The van der Waals surface area contributed by atoms with E-state index in [2.05, 4.69) is 0 Å². The van der Waals surface area contributed by atoms with Gasteiger partial charge in [-0.05, 0) is 31.0 Å². The average Bonchev–Trinajstić information content (AvgIpc) is 2.18. The molecule has 0 aliphatic heterocycles. The number of rotatable bonds is 4. The Morgan fingerprint density at radius 3 is 2.29 bits per heavy atom. The fourth-order valence-electron chi connectivity index (χ4n) is 1.18. The molecule has 1 rings (SSSR count). The number of benzene rings is 1. The van der Waals surface area contributed by atoms with Crippen LogP contribution in [0.25, 0.3) is 0 Å². The van der Waals surface area contributed by atoms with E-state index in [1.807, 2.05) is 20.8 Å². The van der Waals surface area contributed by atoms with Crippen LogP contribution < -0.4 is 15.6 Å². The molecular weight excluding hydrogens is 240 g/mol. The van der Waals surface area contributed by atoms with Crippen molar-refractivity contribution in [3.63, 3.8) is 0 Å². The first kappa shape index (κ1) is 13.8. The van der Waals surface area contributed by atoms with E-state index in [4.69, 9.17) is 15.6 Å². The number of ether oxygens (including phenoxy) is 1. The van der Waals surface area contributed by atoms with Gasteiger partial charge in [-0.25, -0.2) is 13.6 Å². The van der Waals surface area contributed by atoms with Crippen LogP contribution >= 0.6 is 0 Å². The lowest BCUT2D eigenvalue weighted by Crippen LogP contribution is -2.21. The van der Waals surface area contributed by atoms with Gasteiger partial charge in [-0.1, -0.05) is 13.8 Å². The molecule has 0 aliphatic carbocycles. The predicted octanol–water partition coefficient (Wildman–Crippen LogP) is 1.34. The molecule has 0 amide bonds. The van der Waals surface area contributed by atoms with Gasteiger partial charge in [0.2, 0.25) is 10.0 Å². The molecule has 0 bridgehead atoms. The molecule has 1 atom stereocenters. The minimum atomic E-state index is -3.83. The van der Waals surface area contributed by atoms with E-state index < -0.39 is 10.0 Å². The Morgan fingerprint density at radius 2 is 1.82 bits per heavy atom. The monoisotopic (exact) mass is 258 g/mol. The van der Waals surface area contributed by atoms with Crippen LogP contribution in [0, 0.1) is 5.92 Å². The molecule has 1 aromatic carbocycles. The fraction of sp³-hybridized carbons (Fsp3) is 0.455. The first-order chi connectivity index (χ1) is 7.71. The highest BCUT2D eigenvalue weighted by atomic mass is 32.2. The molecule has 4 N–H and O–H groups in total. The van der Waals surface area contributed by atoms with Gasteiger partial charge in [0.1, 0.15) is 10.6 Å². The highest BCUT2D eigenvalue weighted by molar-refractivity contribution is 7.89. The molecule has 0 radical (unpaired) electrons. The molecule has 1 unspecified atom stereocenters. The quantitative estimate of drug-likeness (QED) is 0.796. The van der Waals surface area contributed by atoms with Crippen molar-refractivity contribution < 1.29 is 13.2 Å². The van der Waals surface area contributed by atoms with E-state index in [1.165, 1.54) is 12.1 Å². The number of primary sulfonamides is 1. The molecule has 6 heteroatoms. The third-order valence-electron chi connectivity index (χ3n) is 2.53. The molecule has 0 spiro atoms. The number of hydrogen-bond donors (Lipinski definition) is 2. The van der Waals surface area contributed by atoms with Gasteiger partial charge in [-0.2, -0.15) is 0 Å². The summed E-state index contributed by atoms with van der Waals surface area (Å²) in [4.78, 5) is -0.0787. The van der Waals surface area contributed by atoms with Gasteiger partial charge >= 0.3 is 0 Å². The van der Waals surface area contributed by atoms with Crippen molar-refractivity contribution in [2.75, 3.05) is 5.73 Å². The Labute approximate surface area is 102 Å². The molecule has 0 aromatic heterocycles. The van der Waals surface area contributed by atoms with Gasteiger partial charge < -0.3 is 10.5 Å². The summed E-state index contributed by atoms with van der Waals surface area (Å²) in [6.07, 6.45) is -0.112. The first-order valence-electron chi connectivity index (χ1n) is 5.31. The standard InChI is InChI=1S/C11H18N2O3S/c1-7(2)8(3)16-10-5-4-9(12)6-11(10)17(13,14)15/h4-8H,12H2,1-3H3,(H2,13,14,15). The van der Waals surface area contributed by atoms with Gasteiger partial charge in [0, 0.05) is 5.69 Å². The summed E-state index contributed by atoms with van der Waals surface area (Å²) < 4.78 is 28.4. The highest BCUT2D eigenvalue weighted by Gasteiger charge is 2.18. The van der Waals surface area contributed by atoms with Crippen molar-refractivity contribution in [3.8, 4) is 5.75 Å². The summed E-state index contributed by atoms with van der Waals surface area (Å²) in [6.45, 7) is 5.84. The minimum absolute atomic E-state index is 0.0787. The van der Waals surface area contributed by atoms with Crippen LogP contribution in [0.5, 0.6) is 5.75 Å². The topological polar surface area (TPSA) is 95.4 Å². The maximum Gasteiger partial charge on any atom is 0.241 e. The van der Waals surface area contributed by atoms with Gasteiger partial charge in [0.05, 0.1) is 6.10 Å². The number of nitrogen functional groups attached to an aromatic ring is 1. The van der Waals surface area contributed by atoms with E-state index in [1.54, 1.807) is 6.07 Å². The Balaban J connectivity index is 3.16. The van der Waals surface area contributed by atoms with Crippen molar-refractivity contribution in [1.82, 2.24) is 0 Å². The minimum Gasteiger partial charge on any atom is -0.489 e. The smallest absolute Gasteiger partial charge is 0.241 e. The lowest BCUT2D eigenvalue weighted by molar-refractivity contribution is 0.166. The van der Waals surface area contributed by atoms with Crippen LogP contribution in [0.1, 0.15) is 20.8 Å². The lowest BCUT2D eigenvalue weighted by atomic mass is 10.1. The molecule has 96 valence electrons. The SMILES string of the molecule is CC(C)C(C)Oc1ccc(N)cc1S(N)(=O)=O. The van der Waals surface area contributed by atoms with Crippen molar-refractivity contribution in [2.45, 2.75) is 31.8 Å². The second-order valence-electron chi connectivity index (χ2n) is 4.32. The average molecular weight is 258 g/mol. The van der Waals surface area contributed by atoms with Crippen LogP contribution in [0.2, 0.25) is 0 Å². The third-order valence-corrected chi connectivity index (χ3v) is 3.46. The summed E-state index contributed by atoms with van der Waals surface area (Å²) in [5.41, 5.74) is 5.87. The summed E-state index contributed by atoms with van der Waals surface area (Å²) in [5.74, 6) is 0.504. The first-order valence-corrected chi connectivity index (χ1v) is 6.85. The molecule has 0 saturated heterocycles. The van der Waals surface area contributed by atoms with Crippen LogP contribution in [-0.2, 0) is 10.0 Å². The van der Waals surface area contributed by atoms with Crippen LogP contribution in [0.4, 0.5) is 5.69 Å². The van der Waals surface area contributed by atoms with Gasteiger partial charge in [-0.3, -0.25) is 0 Å². The van der Waals surface area contributed by atoms with Crippen molar-refractivity contribution in [1.29, 1.82) is 0 Å². The number of anilines is 1. The summed E-state index contributed by atoms with van der Waals surface area (Å²) >= 11 is 0. The number of hydrogen-bond acceptors (Lipinski definition) is 4. The molecule has 0 saturated carbocycles. The second-order valence-corrected chi connectivity index (χ2v) is 5.85. The maximum atomic E-state index is 11.4. The van der Waals surface area contributed by atoms with Crippen molar-refractivity contribution in [3.05, 3.63) is 18.2 Å². The van der Waals surface area contributed by atoms with Crippen LogP contribution in [-0.4, -0.2) is 14.5 Å². The molecular formula is C11H18N2O3S. The maximum absolute atomic E-state index is 11.4. The van der Waals surface area contributed by atoms with Gasteiger partial charge in [-0.15, -0.1) is 0 Å². The van der Waals surface area contributed by atoms with Crippen LogP contribution in [0.3, 0.4) is 0 Å². The zero-order chi connectivity index (χ0) is 13.2. The summed E-state index contributed by atoms with van der Waals surface area (Å²) in [6, 6.07) is 4.41. The van der Waals surface area contributed by atoms with E-state index in [0.29, 0.717) is 5.69 Å². The van der Waals surface area contributed by atoms with Gasteiger partial charge in [0.15, 0.2) is 0 Å². The fourth-order valence-corrected chi connectivity index (χ4v) is 1.88. The predicted molar refractivity (Wildman–Crippen MR) is 67.2 cm³/mol. The van der Waals surface area contributed by atoms with Gasteiger partial charge in [0.25, 0.3) is 0 Å². The molecule has 0 heterocycles. The molecule has 5 nitrogen and oxygen atoms in total. The highest BCUT2D eigenvalue weighted by Crippen LogP contribution is 2.27. The van der Waals surface area contributed by atoms with Crippen molar-refractivity contribution in [2.24, 2.45) is 11.1 Å². The number of sulfonamides is 1. The zero-order valence-electron chi connectivity index (χ0n) is 10.2. The molecule has 0 fully saturated rings. The van der Waals surface area contributed by atoms with E-state index in [9.17, 15) is 8.42 Å². The van der Waals surface area contributed by atoms with E-state index in [-0.39, 0.29) is 22.7 Å². The largest absolute Gasteiger partial charge is 0.489 e. The summed E-state index contributed by atoms with van der Waals surface area (Å²) in [7, 11) is -3.83. The normalized spacial score (nSPS) is 13.7. The molecule has 17 heavy (non-hydrogen) atoms.